The van der Waals surface area contributed by atoms with Gasteiger partial charge in [-0.25, -0.2) is 4.39 Å². The van der Waals surface area contributed by atoms with Gasteiger partial charge in [0.1, 0.15) is 11.6 Å². The summed E-state index contributed by atoms with van der Waals surface area (Å²) in [6.45, 7) is 1.04. The Hall–Kier alpha value is -1.91. The number of benzene rings is 2. The molecule has 0 aliphatic carbocycles. The number of likely N-dealkylation sites (N-methyl/N-ethyl adjacent to an activating group) is 1. The zero-order chi connectivity index (χ0) is 15.2. The first kappa shape index (κ1) is 15.5. The summed E-state index contributed by atoms with van der Waals surface area (Å²) in [4.78, 5) is 2.05. The lowest BCUT2D eigenvalue weighted by molar-refractivity contribution is 0.236. The summed E-state index contributed by atoms with van der Waals surface area (Å²) in [6, 6.07) is 14.5. The van der Waals surface area contributed by atoms with E-state index in [0.717, 1.165) is 11.3 Å². The minimum atomic E-state index is -0.217. The van der Waals surface area contributed by atoms with Gasteiger partial charge in [-0.3, -0.25) is 4.90 Å². The molecule has 0 fully saturated rings. The number of halogens is 1. The zero-order valence-electron chi connectivity index (χ0n) is 12.4. The number of methoxy groups -OCH3 is 1. The molecule has 0 heterocycles. The molecule has 0 amide bonds. The van der Waals surface area contributed by atoms with E-state index in [1.807, 2.05) is 42.3 Å². The first-order valence-corrected chi connectivity index (χ1v) is 6.93. The van der Waals surface area contributed by atoms with E-state index in [9.17, 15) is 4.39 Å². The van der Waals surface area contributed by atoms with E-state index >= 15 is 0 Å². The molecule has 2 rings (SSSR count). The molecule has 0 saturated carbocycles. The van der Waals surface area contributed by atoms with Gasteiger partial charge in [-0.15, -0.1) is 0 Å². The molecule has 0 aromatic heterocycles. The van der Waals surface area contributed by atoms with Crippen molar-refractivity contribution in [2.24, 2.45) is 5.73 Å². The minimum absolute atomic E-state index is 0.155. The molecule has 4 heteroatoms. The van der Waals surface area contributed by atoms with Crippen molar-refractivity contribution in [1.82, 2.24) is 4.90 Å². The van der Waals surface area contributed by atoms with Crippen LogP contribution in [0.3, 0.4) is 0 Å². The minimum Gasteiger partial charge on any atom is -0.497 e. The number of hydrogen-bond donors (Lipinski definition) is 1. The van der Waals surface area contributed by atoms with Gasteiger partial charge in [0.2, 0.25) is 0 Å². The summed E-state index contributed by atoms with van der Waals surface area (Å²) >= 11 is 0. The molecule has 2 aromatic carbocycles. The predicted molar refractivity (Wildman–Crippen MR) is 82.7 cm³/mol. The fourth-order valence-corrected chi connectivity index (χ4v) is 2.46. The Bertz CT molecular complexity index is 589. The van der Waals surface area contributed by atoms with Gasteiger partial charge in [-0.05, 0) is 30.8 Å². The highest BCUT2D eigenvalue weighted by atomic mass is 19.1. The van der Waals surface area contributed by atoms with Crippen molar-refractivity contribution in [1.29, 1.82) is 0 Å². The monoisotopic (exact) mass is 288 g/mol. The van der Waals surface area contributed by atoms with Gasteiger partial charge in [-0.2, -0.15) is 0 Å². The molecule has 0 aliphatic heterocycles. The number of nitrogens with two attached hydrogens (primary N) is 1. The Morgan fingerprint density at radius 1 is 1.19 bits per heavy atom. The molecule has 1 unspecified atom stereocenters. The van der Waals surface area contributed by atoms with Crippen LogP contribution in [0.5, 0.6) is 5.75 Å². The van der Waals surface area contributed by atoms with Crippen LogP contribution < -0.4 is 10.5 Å². The quantitative estimate of drug-likeness (QED) is 0.888. The summed E-state index contributed by atoms with van der Waals surface area (Å²) in [5.74, 6) is 0.599. The van der Waals surface area contributed by atoms with Gasteiger partial charge in [0.25, 0.3) is 0 Å². The van der Waals surface area contributed by atoms with Crippen LogP contribution in [0.1, 0.15) is 17.2 Å². The standard InChI is InChI=1S/C17H21FN2O/c1-20(12-13-6-5-7-14(10-13)21-2)17(11-19)15-8-3-4-9-16(15)18/h3-10,17H,11-12,19H2,1-2H3. The summed E-state index contributed by atoms with van der Waals surface area (Å²) < 4.78 is 19.2. The SMILES string of the molecule is COc1cccc(CN(C)C(CN)c2ccccc2F)c1. The van der Waals surface area contributed by atoms with Gasteiger partial charge in [-0.1, -0.05) is 30.3 Å². The lowest BCUT2D eigenvalue weighted by Gasteiger charge is -2.27. The second-order valence-corrected chi connectivity index (χ2v) is 5.04. The predicted octanol–water partition coefficient (Wildman–Crippen LogP) is 2.97. The zero-order valence-corrected chi connectivity index (χ0v) is 12.4. The van der Waals surface area contributed by atoms with E-state index in [2.05, 4.69) is 0 Å². The largest absolute Gasteiger partial charge is 0.497 e. The van der Waals surface area contributed by atoms with Crippen molar-refractivity contribution in [3.8, 4) is 5.75 Å². The third-order valence-electron chi connectivity index (χ3n) is 3.59. The number of ether oxygens (including phenoxy) is 1. The van der Waals surface area contributed by atoms with Gasteiger partial charge in [0.05, 0.1) is 7.11 Å². The van der Waals surface area contributed by atoms with Crippen LogP contribution in [0.15, 0.2) is 48.5 Å². The normalized spacial score (nSPS) is 12.4. The van der Waals surface area contributed by atoms with Gasteiger partial charge in [0.15, 0.2) is 0 Å². The van der Waals surface area contributed by atoms with Crippen LogP contribution >= 0.6 is 0 Å². The molecule has 2 aromatic rings. The van der Waals surface area contributed by atoms with Crippen molar-refractivity contribution >= 4 is 0 Å². The Morgan fingerprint density at radius 3 is 2.62 bits per heavy atom. The van der Waals surface area contributed by atoms with E-state index in [4.69, 9.17) is 10.5 Å². The van der Waals surface area contributed by atoms with Crippen molar-refractivity contribution in [3.05, 3.63) is 65.5 Å². The Balaban J connectivity index is 2.17. The second kappa shape index (κ2) is 7.20. The number of nitrogens with zero attached hydrogens (tertiary/aromatic N) is 1. The summed E-state index contributed by atoms with van der Waals surface area (Å²) in [5, 5.41) is 0. The molecule has 1 atom stereocenters. The molecule has 112 valence electrons. The van der Waals surface area contributed by atoms with Crippen molar-refractivity contribution in [3.63, 3.8) is 0 Å². The summed E-state index contributed by atoms with van der Waals surface area (Å²) in [6.07, 6.45) is 0. The maximum absolute atomic E-state index is 13.9. The molecule has 21 heavy (non-hydrogen) atoms. The third kappa shape index (κ3) is 3.80. The van der Waals surface area contributed by atoms with Gasteiger partial charge < -0.3 is 10.5 Å². The first-order valence-electron chi connectivity index (χ1n) is 6.93. The highest BCUT2D eigenvalue weighted by Gasteiger charge is 2.18. The van der Waals surface area contributed by atoms with Crippen LogP contribution in [0.4, 0.5) is 4.39 Å². The Labute approximate surface area is 125 Å². The average Bonchev–Trinajstić information content (AvgIpc) is 2.50. The molecule has 0 aliphatic rings. The molecule has 0 bridgehead atoms. The summed E-state index contributed by atoms with van der Waals surface area (Å²) in [7, 11) is 3.59. The smallest absolute Gasteiger partial charge is 0.128 e. The molecular formula is C17H21FN2O. The first-order chi connectivity index (χ1) is 10.2. The van der Waals surface area contributed by atoms with Crippen LogP contribution in [0.25, 0.3) is 0 Å². The Morgan fingerprint density at radius 2 is 1.95 bits per heavy atom. The van der Waals surface area contributed by atoms with Crippen LogP contribution in [-0.4, -0.2) is 25.6 Å². The third-order valence-corrected chi connectivity index (χ3v) is 3.59. The van der Waals surface area contributed by atoms with Crippen molar-refractivity contribution < 1.29 is 9.13 Å². The van der Waals surface area contributed by atoms with Gasteiger partial charge >= 0.3 is 0 Å². The maximum Gasteiger partial charge on any atom is 0.128 e. The summed E-state index contributed by atoms with van der Waals surface area (Å²) in [5.41, 5.74) is 7.58. The molecule has 0 saturated heterocycles. The van der Waals surface area contributed by atoms with Crippen LogP contribution in [0.2, 0.25) is 0 Å². The molecule has 3 nitrogen and oxygen atoms in total. The second-order valence-electron chi connectivity index (χ2n) is 5.04. The highest BCUT2D eigenvalue weighted by Crippen LogP contribution is 2.23. The van der Waals surface area contributed by atoms with Crippen LogP contribution in [0, 0.1) is 5.82 Å². The molecule has 0 spiro atoms. The van der Waals surface area contributed by atoms with Crippen molar-refractivity contribution in [2.75, 3.05) is 20.7 Å². The highest BCUT2D eigenvalue weighted by molar-refractivity contribution is 5.29. The fraction of sp³-hybridized carbons (Fsp3) is 0.294. The molecule has 0 radical (unpaired) electrons. The van der Waals surface area contributed by atoms with E-state index < -0.39 is 0 Å². The Kier molecular flexibility index (Phi) is 5.31. The molecule has 2 N–H and O–H groups in total. The number of hydrogen-bond acceptors (Lipinski definition) is 3. The fourth-order valence-electron chi connectivity index (χ4n) is 2.46. The maximum atomic E-state index is 13.9. The average molecular weight is 288 g/mol. The van der Waals surface area contributed by atoms with Crippen molar-refractivity contribution in [2.45, 2.75) is 12.6 Å². The van der Waals surface area contributed by atoms with Gasteiger partial charge in [0, 0.05) is 24.7 Å². The molecular weight excluding hydrogens is 267 g/mol. The van der Waals surface area contributed by atoms with Crippen LogP contribution in [-0.2, 0) is 6.54 Å². The number of rotatable bonds is 6. The topological polar surface area (TPSA) is 38.5 Å². The lowest BCUT2D eigenvalue weighted by atomic mass is 10.0. The van der Waals surface area contributed by atoms with E-state index in [0.29, 0.717) is 18.7 Å². The van der Waals surface area contributed by atoms with E-state index in [1.165, 1.54) is 6.07 Å². The lowest BCUT2D eigenvalue weighted by Crippen LogP contribution is -2.30. The van der Waals surface area contributed by atoms with E-state index in [-0.39, 0.29) is 11.9 Å². The van der Waals surface area contributed by atoms with E-state index in [1.54, 1.807) is 19.2 Å².